The summed E-state index contributed by atoms with van der Waals surface area (Å²) in [6, 6.07) is 6.72. The van der Waals surface area contributed by atoms with E-state index in [2.05, 4.69) is 44.3 Å². The van der Waals surface area contributed by atoms with Gasteiger partial charge in [0.25, 0.3) is 5.91 Å². The van der Waals surface area contributed by atoms with E-state index in [0.717, 1.165) is 50.7 Å². The molecule has 6 N–H and O–H groups in total. The normalized spacial score (nSPS) is 18.4. The fourth-order valence-corrected chi connectivity index (χ4v) is 4.58. The Morgan fingerprint density at radius 2 is 2.00 bits per heavy atom. The van der Waals surface area contributed by atoms with Crippen molar-refractivity contribution in [3.8, 4) is 0 Å². The van der Waals surface area contributed by atoms with Gasteiger partial charge in [0, 0.05) is 34.9 Å². The summed E-state index contributed by atoms with van der Waals surface area (Å²) < 4.78 is 0. The summed E-state index contributed by atoms with van der Waals surface area (Å²) >= 11 is 0. The summed E-state index contributed by atoms with van der Waals surface area (Å²) in [6.07, 6.45) is 12.6. The lowest BCUT2D eigenvalue weighted by Crippen LogP contribution is -2.26. The number of hydrazine groups is 1. The number of nitrogens with two attached hydrogens (primary N) is 1. The van der Waals surface area contributed by atoms with Crippen LogP contribution in [0.25, 0.3) is 27.5 Å². The van der Waals surface area contributed by atoms with Crippen LogP contribution in [0, 0.1) is 11.8 Å². The number of hydrogen-bond acceptors (Lipinski definition) is 5. The maximum atomic E-state index is 12.1. The number of nitrogens with one attached hydrogen (secondary N) is 4. The third kappa shape index (κ3) is 2.89. The van der Waals surface area contributed by atoms with Crippen molar-refractivity contribution in [1.29, 1.82) is 0 Å². The van der Waals surface area contributed by atoms with E-state index < -0.39 is 5.91 Å². The number of benzene rings is 1. The number of nitrogens with zero attached hydrogens (tertiary/aromatic N) is 1. The molecule has 1 aromatic carbocycles. The maximum absolute atomic E-state index is 12.1. The summed E-state index contributed by atoms with van der Waals surface area (Å²) in [5.74, 6) is 1.86. The van der Waals surface area contributed by atoms with Crippen molar-refractivity contribution in [2.45, 2.75) is 31.7 Å². The fraction of sp³-hybridized carbons (Fsp3) is 0.304. The number of pyridine rings is 1. The molecular formula is C23H24N6O. The summed E-state index contributed by atoms with van der Waals surface area (Å²) in [5.41, 5.74) is 16.0. The summed E-state index contributed by atoms with van der Waals surface area (Å²) in [4.78, 5) is 20.2. The van der Waals surface area contributed by atoms with E-state index in [1.165, 1.54) is 25.7 Å². The molecule has 0 spiro atoms. The van der Waals surface area contributed by atoms with Gasteiger partial charge in [-0.25, -0.2) is 4.98 Å². The Balaban J connectivity index is 1.50. The zero-order chi connectivity index (χ0) is 20.2. The van der Waals surface area contributed by atoms with Crippen LogP contribution in [0.15, 0.2) is 42.7 Å². The van der Waals surface area contributed by atoms with Crippen molar-refractivity contribution >= 4 is 39.2 Å². The lowest BCUT2D eigenvalue weighted by molar-refractivity contribution is 0.100. The molecule has 0 bridgehead atoms. The molecule has 7 nitrogen and oxygen atoms in total. The third-order valence-electron chi connectivity index (χ3n) is 6.42. The molecule has 0 radical (unpaired) electrons. The maximum Gasteiger partial charge on any atom is 0.252 e. The summed E-state index contributed by atoms with van der Waals surface area (Å²) in [6.45, 7) is 0. The first-order chi connectivity index (χ1) is 14.7. The molecule has 7 heteroatoms. The number of carbonyl (C=O) groups is 1. The SMILES string of the molecule is NC(=O)c1cnc(NC(C2CC2)C2CC2)c2c1[nH]c1cc(C3=CC=CNN3)ccc12. The van der Waals surface area contributed by atoms with Gasteiger partial charge in [0.15, 0.2) is 0 Å². The number of primary amides is 1. The highest BCUT2D eigenvalue weighted by Crippen LogP contribution is 2.46. The topological polar surface area (TPSA) is 108 Å². The predicted molar refractivity (Wildman–Crippen MR) is 118 cm³/mol. The largest absolute Gasteiger partial charge is 0.366 e. The van der Waals surface area contributed by atoms with E-state index in [4.69, 9.17) is 5.73 Å². The lowest BCUT2D eigenvalue weighted by atomic mass is 10.0. The van der Waals surface area contributed by atoms with Crippen molar-refractivity contribution in [2.24, 2.45) is 17.6 Å². The number of rotatable bonds is 6. The van der Waals surface area contributed by atoms with Crippen LogP contribution in [0.5, 0.6) is 0 Å². The smallest absolute Gasteiger partial charge is 0.252 e. The average Bonchev–Trinajstić information content (AvgIpc) is 3.69. The number of fused-ring (bicyclic) bond motifs is 3. The van der Waals surface area contributed by atoms with E-state index in [1.807, 2.05) is 18.4 Å². The number of carbonyl (C=O) groups excluding carboxylic acids is 1. The molecule has 0 atom stereocenters. The lowest BCUT2D eigenvalue weighted by Gasteiger charge is -2.19. The molecule has 3 aromatic rings. The second kappa shape index (κ2) is 6.52. The quantitative estimate of drug-likeness (QED) is 0.436. The molecule has 3 heterocycles. The molecule has 1 aliphatic heterocycles. The van der Waals surface area contributed by atoms with E-state index in [0.29, 0.717) is 11.6 Å². The third-order valence-corrected chi connectivity index (χ3v) is 6.42. The van der Waals surface area contributed by atoms with Gasteiger partial charge in [0.2, 0.25) is 0 Å². The van der Waals surface area contributed by atoms with Gasteiger partial charge in [0.05, 0.1) is 22.2 Å². The number of aromatic amines is 1. The molecule has 2 fully saturated rings. The van der Waals surface area contributed by atoms with Gasteiger partial charge >= 0.3 is 0 Å². The van der Waals surface area contributed by atoms with E-state index >= 15 is 0 Å². The highest BCUT2D eigenvalue weighted by molar-refractivity contribution is 6.18. The molecular weight excluding hydrogens is 376 g/mol. The molecule has 6 rings (SSSR count). The Kier molecular flexibility index (Phi) is 3.78. The van der Waals surface area contributed by atoms with Crippen molar-refractivity contribution in [1.82, 2.24) is 20.8 Å². The van der Waals surface area contributed by atoms with Crippen LogP contribution in [0.1, 0.15) is 41.6 Å². The Bertz CT molecular complexity index is 1220. The molecule has 3 aliphatic rings. The first kappa shape index (κ1) is 17.4. The monoisotopic (exact) mass is 400 g/mol. The second-order valence-electron chi connectivity index (χ2n) is 8.57. The fourth-order valence-electron chi connectivity index (χ4n) is 4.58. The molecule has 2 saturated carbocycles. The molecule has 152 valence electrons. The van der Waals surface area contributed by atoms with E-state index in [1.54, 1.807) is 6.20 Å². The van der Waals surface area contributed by atoms with Crippen LogP contribution in [0.3, 0.4) is 0 Å². The van der Waals surface area contributed by atoms with Gasteiger partial charge in [-0.3, -0.25) is 4.79 Å². The Hall–Kier alpha value is -3.48. The van der Waals surface area contributed by atoms with Gasteiger partial charge in [-0.05, 0) is 55.7 Å². The number of H-pyrrole nitrogens is 1. The first-order valence-corrected chi connectivity index (χ1v) is 10.6. The van der Waals surface area contributed by atoms with Gasteiger partial charge in [-0.1, -0.05) is 12.1 Å². The standard InChI is InChI=1S/C23H24N6O/c24-22(30)16-11-25-23(28-20(12-3-4-12)13-5-6-13)19-15-8-7-14(10-18(15)27-21(16)19)17-2-1-9-26-29-17/h1-2,7-13,20,26-27,29H,3-6H2,(H2,24,30)(H,25,28). The summed E-state index contributed by atoms with van der Waals surface area (Å²) in [7, 11) is 0. The van der Waals surface area contributed by atoms with E-state index in [9.17, 15) is 4.79 Å². The Morgan fingerprint density at radius 1 is 1.20 bits per heavy atom. The van der Waals surface area contributed by atoms with Gasteiger partial charge in [-0.15, -0.1) is 0 Å². The second-order valence-corrected chi connectivity index (χ2v) is 8.57. The molecule has 1 amide bonds. The van der Waals surface area contributed by atoms with Gasteiger partial charge < -0.3 is 26.9 Å². The number of hydrogen-bond donors (Lipinski definition) is 5. The van der Waals surface area contributed by atoms with Crippen LogP contribution in [0.2, 0.25) is 0 Å². The predicted octanol–water partition coefficient (Wildman–Crippen LogP) is 3.38. The zero-order valence-corrected chi connectivity index (χ0v) is 16.5. The molecule has 2 aromatic heterocycles. The van der Waals surface area contributed by atoms with Crippen LogP contribution in [-0.2, 0) is 0 Å². The molecule has 30 heavy (non-hydrogen) atoms. The number of allylic oxidation sites excluding steroid dienone is 2. The van der Waals surface area contributed by atoms with Crippen LogP contribution in [0.4, 0.5) is 5.82 Å². The average molecular weight is 400 g/mol. The zero-order valence-electron chi connectivity index (χ0n) is 16.5. The van der Waals surface area contributed by atoms with E-state index in [-0.39, 0.29) is 0 Å². The summed E-state index contributed by atoms with van der Waals surface area (Å²) in [5, 5.41) is 5.73. The van der Waals surface area contributed by atoms with Crippen LogP contribution >= 0.6 is 0 Å². The van der Waals surface area contributed by atoms with Crippen molar-refractivity contribution in [2.75, 3.05) is 5.32 Å². The highest BCUT2D eigenvalue weighted by atomic mass is 16.1. The van der Waals surface area contributed by atoms with Gasteiger partial charge in [-0.2, -0.15) is 0 Å². The number of amides is 1. The van der Waals surface area contributed by atoms with Crippen molar-refractivity contribution in [3.63, 3.8) is 0 Å². The van der Waals surface area contributed by atoms with Gasteiger partial charge in [0.1, 0.15) is 5.82 Å². The Labute approximate surface area is 173 Å². The van der Waals surface area contributed by atoms with Crippen LogP contribution < -0.4 is 21.9 Å². The van der Waals surface area contributed by atoms with Crippen molar-refractivity contribution < 1.29 is 4.79 Å². The molecule has 0 unspecified atom stereocenters. The minimum absolute atomic E-state index is 0.419. The minimum Gasteiger partial charge on any atom is -0.366 e. The number of anilines is 1. The number of aromatic nitrogens is 2. The minimum atomic E-state index is -0.474. The molecule has 2 aliphatic carbocycles. The van der Waals surface area contributed by atoms with Crippen LogP contribution in [-0.4, -0.2) is 21.9 Å². The first-order valence-electron chi connectivity index (χ1n) is 10.6. The molecule has 0 saturated heterocycles. The highest BCUT2D eigenvalue weighted by Gasteiger charge is 2.42. The Morgan fingerprint density at radius 3 is 2.67 bits per heavy atom. The van der Waals surface area contributed by atoms with Crippen molar-refractivity contribution in [3.05, 3.63) is 53.9 Å².